The van der Waals surface area contributed by atoms with Crippen LogP contribution >= 0.6 is 11.8 Å². The van der Waals surface area contributed by atoms with Gasteiger partial charge in [0.05, 0.1) is 5.70 Å². The molecule has 2 nitrogen and oxygen atoms in total. The van der Waals surface area contributed by atoms with Crippen LogP contribution in [0.3, 0.4) is 0 Å². The third kappa shape index (κ3) is 3.83. The molecule has 0 saturated heterocycles. The Hall–Kier alpha value is -1.35. The molecule has 1 heterocycles. The molecule has 0 amide bonds. The zero-order valence-corrected chi connectivity index (χ0v) is 14.5. The summed E-state index contributed by atoms with van der Waals surface area (Å²) in [5, 5.41) is 0. The molecule has 0 saturated carbocycles. The molecule has 1 aliphatic rings. The molecule has 1 aliphatic heterocycles. The van der Waals surface area contributed by atoms with E-state index >= 15 is 0 Å². The lowest BCUT2D eigenvalue weighted by atomic mass is 10.2. The van der Waals surface area contributed by atoms with Crippen LogP contribution in [0.2, 0.25) is 0 Å². The summed E-state index contributed by atoms with van der Waals surface area (Å²) in [6.45, 7) is 10.6. The fourth-order valence-electron chi connectivity index (χ4n) is 1.91. The van der Waals surface area contributed by atoms with Gasteiger partial charge >= 0.3 is 0 Å². The van der Waals surface area contributed by atoms with Crippen molar-refractivity contribution in [3.8, 4) is 0 Å². The van der Waals surface area contributed by atoms with Gasteiger partial charge in [-0.05, 0) is 40.7 Å². The smallest absolute Gasteiger partial charge is 0.0565 e. The molecule has 0 atom stereocenters. The Morgan fingerprint density at radius 1 is 1.15 bits per heavy atom. The summed E-state index contributed by atoms with van der Waals surface area (Å²) in [4.78, 5) is 7.04. The number of allylic oxidation sites excluding steroid dienone is 7. The monoisotopic (exact) mass is 290 g/mol. The van der Waals surface area contributed by atoms with E-state index in [0.717, 1.165) is 0 Å². The van der Waals surface area contributed by atoms with Crippen LogP contribution in [0.4, 0.5) is 0 Å². The van der Waals surface area contributed by atoms with Crippen molar-refractivity contribution in [3.05, 3.63) is 57.4 Å². The molecule has 3 heteroatoms. The summed E-state index contributed by atoms with van der Waals surface area (Å²) in [5.41, 5.74) is 3.77. The summed E-state index contributed by atoms with van der Waals surface area (Å²) in [5.74, 6) is 0. The van der Waals surface area contributed by atoms with Gasteiger partial charge in [-0.15, -0.1) is 0 Å². The van der Waals surface area contributed by atoms with Crippen molar-refractivity contribution in [1.29, 1.82) is 0 Å². The van der Waals surface area contributed by atoms with Crippen molar-refractivity contribution in [3.63, 3.8) is 0 Å². The SMILES string of the molecule is C/C=C\C1=C(C)N(/C=C/C)C(/C=C(\C)N(C)C)=C(C)S1. The first kappa shape index (κ1) is 16.7. The normalized spacial score (nSPS) is 17.9. The van der Waals surface area contributed by atoms with Gasteiger partial charge in [0.2, 0.25) is 0 Å². The number of rotatable bonds is 4. The fourth-order valence-corrected chi connectivity index (χ4v) is 2.95. The Morgan fingerprint density at radius 3 is 2.30 bits per heavy atom. The second kappa shape index (κ2) is 7.44. The predicted molar refractivity (Wildman–Crippen MR) is 91.9 cm³/mol. The van der Waals surface area contributed by atoms with Crippen molar-refractivity contribution in [1.82, 2.24) is 9.80 Å². The van der Waals surface area contributed by atoms with Crippen LogP contribution in [0.1, 0.15) is 34.6 Å². The first-order valence-electron chi connectivity index (χ1n) is 6.92. The summed E-state index contributed by atoms with van der Waals surface area (Å²) in [6.07, 6.45) is 10.7. The second-order valence-corrected chi connectivity index (χ2v) is 6.28. The van der Waals surface area contributed by atoms with Gasteiger partial charge in [0.15, 0.2) is 0 Å². The van der Waals surface area contributed by atoms with Crippen molar-refractivity contribution in [2.75, 3.05) is 14.1 Å². The first-order chi connectivity index (χ1) is 9.42. The van der Waals surface area contributed by atoms with Crippen LogP contribution in [0, 0.1) is 0 Å². The summed E-state index contributed by atoms with van der Waals surface area (Å²) in [7, 11) is 4.15. The Bertz CT molecular complexity index is 505. The van der Waals surface area contributed by atoms with Gasteiger partial charge < -0.3 is 9.80 Å². The van der Waals surface area contributed by atoms with Crippen LogP contribution in [-0.2, 0) is 0 Å². The van der Waals surface area contributed by atoms with Gasteiger partial charge in [0.1, 0.15) is 0 Å². The molecular weight excluding hydrogens is 264 g/mol. The minimum absolute atomic E-state index is 1.25. The molecule has 20 heavy (non-hydrogen) atoms. The number of hydrogen-bond donors (Lipinski definition) is 0. The summed E-state index contributed by atoms with van der Waals surface area (Å²) >= 11 is 1.84. The Balaban J connectivity index is 3.30. The van der Waals surface area contributed by atoms with E-state index in [1.165, 1.54) is 26.9 Å². The minimum Gasteiger partial charge on any atom is -0.381 e. The van der Waals surface area contributed by atoms with Gasteiger partial charge in [-0.3, -0.25) is 0 Å². The lowest BCUT2D eigenvalue weighted by molar-refractivity contribution is 0.506. The maximum Gasteiger partial charge on any atom is 0.0565 e. The van der Waals surface area contributed by atoms with E-state index in [9.17, 15) is 0 Å². The van der Waals surface area contributed by atoms with Crippen molar-refractivity contribution in [2.24, 2.45) is 0 Å². The van der Waals surface area contributed by atoms with Gasteiger partial charge in [-0.2, -0.15) is 0 Å². The van der Waals surface area contributed by atoms with Crippen LogP contribution in [0.25, 0.3) is 0 Å². The van der Waals surface area contributed by atoms with Crippen molar-refractivity contribution in [2.45, 2.75) is 34.6 Å². The summed E-state index contributed by atoms with van der Waals surface area (Å²) in [6, 6.07) is 0. The quantitative estimate of drug-likeness (QED) is 0.713. The van der Waals surface area contributed by atoms with E-state index in [0.29, 0.717) is 0 Å². The molecule has 0 unspecified atom stereocenters. The summed E-state index contributed by atoms with van der Waals surface area (Å²) < 4.78 is 0. The third-order valence-corrected chi connectivity index (χ3v) is 4.44. The molecule has 0 spiro atoms. The van der Waals surface area contributed by atoms with Gasteiger partial charge in [-0.25, -0.2) is 0 Å². The van der Waals surface area contributed by atoms with Gasteiger partial charge in [0.25, 0.3) is 0 Å². The van der Waals surface area contributed by atoms with Crippen LogP contribution in [0.15, 0.2) is 57.4 Å². The molecule has 0 aliphatic carbocycles. The van der Waals surface area contributed by atoms with Crippen LogP contribution in [-0.4, -0.2) is 23.9 Å². The average molecular weight is 290 g/mol. The number of thioether (sulfide) groups is 1. The molecule has 0 aromatic heterocycles. The molecule has 0 bridgehead atoms. The topological polar surface area (TPSA) is 6.48 Å². The van der Waals surface area contributed by atoms with Gasteiger partial charge in [-0.1, -0.05) is 30.0 Å². The van der Waals surface area contributed by atoms with E-state index in [1.54, 1.807) is 0 Å². The lowest BCUT2D eigenvalue weighted by Crippen LogP contribution is -2.20. The Labute approximate surface area is 128 Å². The Kier molecular flexibility index (Phi) is 6.21. The molecule has 0 N–H and O–H groups in total. The number of nitrogens with zero attached hydrogens (tertiary/aromatic N) is 2. The fraction of sp³-hybridized carbons (Fsp3) is 0.412. The molecule has 0 aromatic rings. The standard InChI is InChI=1S/C17H26N2S/c1-8-10-17-14(4)19(11-9-2)16(15(5)20-17)12-13(3)18(6)7/h8-12H,1-7H3/b10-8-,11-9+,13-12+. The molecule has 0 aromatic carbocycles. The molecular formula is C17H26N2S. The van der Waals surface area contributed by atoms with Crippen LogP contribution in [0.5, 0.6) is 0 Å². The van der Waals surface area contributed by atoms with Crippen molar-refractivity contribution >= 4 is 11.8 Å². The number of hydrogen-bond acceptors (Lipinski definition) is 3. The van der Waals surface area contributed by atoms with Gasteiger partial charge in [0, 0.05) is 41.5 Å². The van der Waals surface area contributed by atoms with Crippen molar-refractivity contribution < 1.29 is 0 Å². The van der Waals surface area contributed by atoms with E-state index in [4.69, 9.17) is 0 Å². The average Bonchev–Trinajstić information content (AvgIpc) is 2.39. The highest BCUT2D eigenvalue weighted by Gasteiger charge is 2.20. The lowest BCUT2D eigenvalue weighted by Gasteiger charge is -2.31. The largest absolute Gasteiger partial charge is 0.381 e. The van der Waals surface area contributed by atoms with E-state index in [2.05, 4.69) is 89.0 Å². The maximum atomic E-state index is 2.27. The zero-order valence-electron chi connectivity index (χ0n) is 13.7. The first-order valence-corrected chi connectivity index (χ1v) is 7.74. The highest BCUT2D eigenvalue weighted by molar-refractivity contribution is 8.07. The highest BCUT2D eigenvalue weighted by atomic mass is 32.2. The molecule has 1 rings (SSSR count). The molecule has 110 valence electrons. The van der Waals surface area contributed by atoms with E-state index in [1.807, 2.05) is 11.8 Å². The van der Waals surface area contributed by atoms with Crippen LogP contribution < -0.4 is 0 Å². The zero-order chi connectivity index (χ0) is 15.3. The van der Waals surface area contributed by atoms with E-state index in [-0.39, 0.29) is 0 Å². The molecule has 0 radical (unpaired) electrons. The Morgan fingerprint density at radius 2 is 1.80 bits per heavy atom. The maximum absolute atomic E-state index is 2.27. The minimum atomic E-state index is 1.25. The molecule has 0 fully saturated rings. The predicted octanol–water partition coefficient (Wildman–Crippen LogP) is 5.07. The second-order valence-electron chi connectivity index (χ2n) is 5.03. The highest BCUT2D eigenvalue weighted by Crippen LogP contribution is 2.40. The van der Waals surface area contributed by atoms with E-state index < -0.39 is 0 Å². The third-order valence-electron chi connectivity index (χ3n) is 3.27.